The van der Waals surface area contributed by atoms with E-state index in [0.717, 1.165) is 11.3 Å². The number of nitrogens with one attached hydrogen (secondary N) is 1. The molecule has 0 heterocycles. The summed E-state index contributed by atoms with van der Waals surface area (Å²) in [6.45, 7) is 11.4. The first kappa shape index (κ1) is 38.3. The maximum Gasteiger partial charge on any atom is 0.475 e. The number of amides is 1. The van der Waals surface area contributed by atoms with Crippen LogP contribution in [0.4, 0.5) is 0 Å². The number of phosphoric ester groups is 1. The molecule has 0 fully saturated rings. The number of ether oxygens (including phenoxy) is 4. The predicted molar refractivity (Wildman–Crippen MR) is 146 cm³/mol. The topological polar surface area (TPSA) is 128 Å². The average Bonchev–Trinajstić information content (AvgIpc) is 2.89. The van der Waals surface area contributed by atoms with E-state index in [1.165, 1.54) is 6.08 Å². The van der Waals surface area contributed by atoms with Gasteiger partial charge in [-0.1, -0.05) is 18.2 Å². The molecule has 0 aromatic heterocycles. The number of hydrogen-bond donors (Lipinski definition) is 1. The van der Waals surface area contributed by atoms with Crippen molar-refractivity contribution in [2.75, 3.05) is 40.1 Å². The SMILES string of the molecule is C=CCOP(=O)(OCCCC(=O)OC(C)(C)C)OCC(COCCC(C)OCc1ccc(OC)cc1)N[C-]=O.[V]. The Morgan fingerprint density at radius 3 is 2.42 bits per heavy atom. The number of methoxy groups -OCH3 is 1. The number of phosphoric acid groups is 1. The summed E-state index contributed by atoms with van der Waals surface area (Å²) in [7, 11) is -2.37. The number of rotatable bonds is 22. The molecule has 13 heteroatoms. The third-order valence-corrected chi connectivity index (χ3v) is 6.35. The molecule has 0 bridgehead atoms. The summed E-state index contributed by atoms with van der Waals surface area (Å²) in [6.07, 6.45) is 3.89. The van der Waals surface area contributed by atoms with Gasteiger partial charge in [0.05, 0.1) is 46.2 Å². The molecule has 0 spiro atoms. The number of esters is 1. The van der Waals surface area contributed by atoms with Crippen LogP contribution in [-0.4, -0.2) is 70.3 Å². The fourth-order valence-electron chi connectivity index (χ4n) is 2.96. The Morgan fingerprint density at radius 2 is 1.82 bits per heavy atom. The van der Waals surface area contributed by atoms with E-state index in [0.29, 0.717) is 19.6 Å². The third kappa shape index (κ3) is 18.6. The molecule has 1 rings (SSSR count). The van der Waals surface area contributed by atoms with Crippen LogP contribution < -0.4 is 10.1 Å². The first-order valence-electron chi connectivity index (χ1n) is 12.8. The van der Waals surface area contributed by atoms with Crippen LogP contribution >= 0.6 is 7.82 Å². The molecule has 0 aliphatic heterocycles. The summed E-state index contributed by atoms with van der Waals surface area (Å²) < 4.78 is 50.8. The molecule has 0 saturated heterocycles. The second-order valence-corrected chi connectivity index (χ2v) is 11.3. The van der Waals surface area contributed by atoms with Gasteiger partial charge in [-0.15, -0.1) is 6.58 Å². The van der Waals surface area contributed by atoms with Crippen molar-refractivity contribution in [3.8, 4) is 5.75 Å². The van der Waals surface area contributed by atoms with Crippen molar-refractivity contribution in [2.24, 2.45) is 0 Å². The molecule has 227 valence electrons. The minimum Gasteiger partial charge on any atom is -0.524 e. The summed E-state index contributed by atoms with van der Waals surface area (Å²) >= 11 is 0. The summed E-state index contributed by atoms with van der Waals surface area (Å²) in [4.78, 5) is 22.8. The van der Waals surface area contributed by atoms with Gasteiger partial charge in [-0.2, -0.15) is 6.41 Å². The maximum atomic E-state index is 13.0. The molecule has 1 radical (unpaired) electrons. The summed E-state index contributed by atoms with van der Waals surface area (Å²) in [5.74, 6) is 0.394. The minimum absolute atomic E-state index is 0. The molecule has 1 amide bonds. The molecule has 11 nitrogen and oxygen atoms in total. The van der Waals surface area contributed by atoms with E-state index >= 15 is 0 Å². The molecule has 0 aliphatic carbocycles. The van der Waals surface area contributed by atoms with Gasteiger partial charge in [-0.25, -0.2) is 4.57 Å². The van der Waals surface area contributed by atoms with E-state index < -0.39 is 25.4 Å². The number of benzene rings is 1. The van der Waals surface area contributed by atoms with Crippen molar-refractivity contribution < 1.29 is 65.2 Å². The van der Waals surface area contributed by atoms with Crippen LogP contribution in [0.3, 0.4) is 0 Å². The Bertz CT molecular complexity index is 894. The van der Waals surface area contributed by atoms with Gasteiger partial charge >= 0.3 is 13.8 Å². The predicted octanol–water partition coefficient (Wildman–Crippen LogP) is 4.50. The number of carbonyl (C=O) groups excluding carboxylic acids is 2. The van der Waals surface area contributed by atoms with Crippen LogP contribution in [0.15, 0.2) is 36.9 Å². The Balaban J connectivity index is 0.0000152. The van der Waals surface area contributed by atoms with Crippen LogP contribution in [0.1, 0.15) is 52.5 Å². The monoisotopic (exact) mass is 623 g/mol. The standard InChI is InChI=1S/C27H43NO10P.V/c1-7-15-35-39(31,36-16-8-9-26(30)38-27(3,4)5)37-20-24(28-21-29)19-33-17-14-22(2)34-18-23-10-12-25(32-6)13-11-23;/h7,10-13,22,24H,1,8-9,14-20H2,2-6H3,(H,28,29);/q-1;. The maximum absolute atomic E-state index is 13.0. The second-order valence-electron chi connectivity index (χ2n) is 9.63. The van der Waals surface area contributed by atoms with E-state index in [1.807, 2.05) is 31.2 Å². The van der Waals surface area contributed by atoms with Gasteiger partial charge < -0.3 is 29.1 Å². The zero-order valence-electron chi connectivity index (χ0n) is 24.1. The fraction of sp³-hybridized carbons (Fsp3) is 0.630. The Hall–Kier alpha value is -1.69. The molecule has 40 heavy (non-hydrogen) atoms. The minimum atomic E-state index is -3.99. The molecular weight excluding hydrogens is 580 g/mol. The first-order chi connectivity index (χ1) is 18.5. The largest absolute Gasteiger partial charge is 0.524 e. The van der Waals surface area contributed by atoms with E-state index in [-0.39, 0.29) is 63.9 Å². The zero-order chi connectivity index (χ0) is 29.2. The average molecular weight is 624 g/mol. The van der Waals surface area contributed by atoms with Gasteiger partial charge in [-0.3, -0.25) is 18.4 Å². The van der Waals surface area contributed by atoms with Gasteiger partial charge in [0.25, 0.3) is 0 Å². The molecule has 1 N–H and O–H groups in total. The quantitative estimate of drug-likeness (QED) is 0.0493. The molecule has 3 unspecified atom stereocenters. The number of carbonyl (C=O) groups is 1. The van der Waals surface area contributed by atoms with Crippen molar-refractivity contribution in [2.45, 2.75) is 71.3 Å². The smallest absolute Gasteiger partial charge is 0.475 e. The van der Waals surface area contributed by atoms with Gasteiger partial charge in [0, 0.05) is 37.6 Å². The first-order valence-corrected chi connectivity index (χ1v) is 14.3. The molecule has 1 aromatic carbocycles. The molecule has 0 aliphatic rings. The summed E-state index contributed by atoms with van der Waals surface area (Å²) in [5.41, 5.74) is 0.437. The van der Waals surface area contributed by atoms with Crippen LogP contribution in [0.25, 0.3) is 0 Å². The van der Waals surface area contributed by atoms with Crippen LogP contribution in [0.5, 0.6) is 5.75 Å². The summed E-state index contributed by atoms with van der Waals surface area (Å²) in [6, 6.07) is 6.99. The van der Waals surface area contributed by atoms with Crippen molar-refractivity contribution in [3.05, 3.63) is 42.5 Å². The van der Waals surface area contributed by atoms with E-state index in [2.05, 4.69) is 11.9 Å². The molecule has 1 aromatic rings. The van der Waals surface area contributed by atoms with Crippen LogP contribution in [0.2, 0.25) is 0 Å². The van der Waals surface area contributed by atoms with Crippen LogP contribution in [0, 0.1) is 0 Å². The van der Waals surface area contributed by atoms with E-state index in [9.17, 15) is 14.2 Å². The van der Waals surface area contributed by atoms with Crippen molar-refractivity contribution in [3.63, 3.8) is 0 Å². The van der Waals surface area contributed by atoms with Gasteiger partial charge in [0.1, 0.15) is 11.4 Å². The molecule has 0 saturated carbocycles. The normalized spacial score (nSPS) is 14.2. The second kappa shape index (κ2) is 21.1. The van der Waals surface area contributed by atoms with Gasteiger partial charge in [-0.05, 0) is 58.2 Å². The Morgan fingerprint density at radius 1 is 1.12 bits per heavy atom. The van der Waals surface area contributed by atoms with Gasteiger partial charge in [0.2, 0.25) is 0 Å². The Labute approximate surface area is 250 Å². The third-order valence-electron chi connectivity index (χ3n) is 4.92. The van der Waals surface area contributed by atoms with Gasteiger partial charge in [0.15, 0.2) is 0 Å². The fourth-order valence-corrected chi connectivity index (χ4v) is 4.18. The number of hydrogen-bond acceptors (Lipinski definition) is 10. The van der Waals surface area contributed by atoms with E-state index in [4.69, 9.17) is 32.5 Å². The zero-order valence-corrected chi connectivity index (χ0v) is 26.4. The van der Waals surface area contributed by atoms with E-state index in [1.54, 1.807) is 34.3 Å². The van der Waals surface area contributed by atoms with Crippen molar-refractivity contribution >= 4 is 20.2 Å². The van der Waals surface area contributed by atoms with Crippen molar-refractivity contribution in [1.82, 2.24) is 5.32 Å². The summed E-state index contributed by atoms with van der Waals surface area (Å²) in [5, 5.41) is 2.45. The van der Waals surface area contributed by atoms with Crippen molar-refractivity contribution in [1.29, 1.82) is 0 Å². The molecular formula is C27H43NO10PV-. The Kier molecular flexibility index (Phi) is 20.2. The molecule has 3 atom stereocenters. The van der Waals surface area contributed by atoms with Crippen LogP contribution in [-0.2, 0) is 67.1 Å².